The summed E-state index contributed by atoms with van der Waals surface area (Å²) >= 11 is 3.50. The predicted octanol–water partition coefficient (Wildman–Crippen LogP) is 1.48. The highest BCUT2D eigenvalue weighted by molar-refractivity contribution is 9.10. The molecule has 0 aromatic heterocycles. The van der Waals surface area contributed by atoms with Gasteiger partial charge in [-0.1, -0.05) is 22.0 Å². The van der Waals surface area contributed by atoms with E-state index in [2.05, 4.69) is 39.4 Å². The minimum absolute atomic E-state index is 0.224. The highest BCUT2D eigenvalue weighted by Gasteiger charge is 2.33. The van der Waals surface area contributed by atoms with Gasteiger partial charge in [-0.3, -0.25) is 4.79 Å². The van der Waals surface area contributed by atoms with Crippen LogP contribution in [0.5, 0.6) is 0 Å². The Balaban J connectivity index is 2.04. The summed E-state index contributed by atoms with van der Waals surface area (Å²) in [7, 11) is 0. The molecule has 0 bridgehead atoms. The van der Waals surface area contributed by atoms with Gasteiger partial charge in [0.2, 0.25) is 5.91 Å². The first kappa shape index (κ1) is 10.3. The minimum Gasteiger partial charge on any atom is -0.333 e. The molecule has 1 aromatic rings. The van der Waals surface area contributed by atoms with Gasteiger partial charge in [0.1, 0.15) is 0 Å². The summed E-state index contributed by atoms with van der Waals surface area (Å²) in [6, 6.07) is 6.61. The van der Waals surface area contributed by atoms with Gasteiger partial charge in [0.15, 0.2) is 0 Å². The second kappa shape index (κ2) is 3.86. The smallest absolute Gasteiger partial charge is 0.237 e. The minimum atomic E-state index is 0.224. The Kier molecular flexibility index (Phi) is 2.48. The standard InChI is InChI=1S/C12H13BrN2O/c13-9-2-1-8-3-4-15-11(10(8)5-9)6-14-7-12(15)16/h1-2,5,11,14H,3-4,6-7H2. The van der Waals surface area contributed by atoms with Crippen molar-refractivity contribution in [3.8, 4) is 0 Å². The topological polar surface area (TPSA) is 32.3 Å². The molecule has 0 spiro atoms. The van der Waals surface area contributed by atoms with Crippen molar-refractivity contribution in [3.05, 3.63) is 33.8 Å². The van der Waals surface area contributed by atoms with Crippen LogP contribution in [0.4, 0.5) is 0 Å². The number of hydrogen-bond donors (Lipinski definition) is 1. The van der Waals surface area contributed by atoms with E-state index in [1.54, 1.807) is 0 Å². The van der Waals surface area contributed by atoms with Crippen LogP contribution in [-0.4, -0.2) is 30.4 Å². The average Bonchev–Trinajstić information content (AvgIpc) is 2.29. The molecule has 3 rings (SSSR count). The number of carbonyl (C=O) groups excluding carboxylic acids is 1. The van der Waals surface area contributed by atoms with Gasteiger partial charge in [-0.05, 0) is 29.7 Å². The van der Waals surface area contributed by atoms with E-state index in [-0.39, 0.29) is 11.9 Å². The van der Waals surface area contributed by atoms with Crippen LogP contribution in [0, 0.1) is 0 Å². The first-order valence-electron chi connectivity index (χ1n) is 5.54. The predicted molar refractivity (Wildman–Crippen MR) is 65.2 cm³/mol. The normalized spacial score (nSPS) is 23.9. The molecule has 16 heavy (non-hydrogen) atoms. The van der Waals surface area contributed by atoms with Crippen LogP contribution in [0.3, 0.4) is 0 Å². The third kappa shape index (κ3) is 1.57. The number of amides is 1. The van der Waals surface area contributed by atoms with E-state index in [1.165, 1.54) is 11.1 Å². The van der Waals surface area contributed by atoms with Crippen LogP contribution in [0.1, 0.15) is 17.2 Å². The molecule has 1 N–H and O–H groups in total. The van der Waals surface area contributed by atoms with E-state index >= 15 is 0 Å². The number of piperazine rings is 1. The summed E-state index contributed by atoms with van der Waals surface area (Å²) in [5, 5.41) is 3.19. The number of fused-ring (bicyclic) bond motifs is 3. The lowest BCUT2D eigenvalue weighted by Gasteiger charge is -2.40. The van der Waals surface area contributed by atoms with Crippen LogP contribution in [0.15, 0.2) is 22.7 Å². The summed E-state index contributed by atoms with van der Waals surface area (Å²) in [4.78, 5) is 13.8. The zero-order valence-electron chi connectivity index (χ0n) is 8.87. The van der Waals surface area contributed by atoms with Gasteiger partial charge in [-0.15, -0.1) is 0 Å². The van der Waals surface area contributed by atoms with E-state index in [0.29, 0.717) is 6.54 Å². The molecule has 2 heterocycles. The molecule has 0 aliphatic carbocycles. The molecule has 2 aliphatic heterocycles. The number of nitrogens with zero attached hydrogens (tertiary/aromatic N) is 1. The van der Waals surface area contributed by atoms with Gasteiger partial charge in [-0.2, -0.15) is 0 Å². The van der Waals surface area contributed by atoms with Crippen molar-refractivity contribution in [3.63, 3.8) is 0 Å². The third-order valence-electron chi connectivity index (χ3n) is 3.40. The molecular weight excluding hydrogens is 268 g/mol. The molecule has 4 heteroatoms. The number of nitrogens with one attached hydrogen (secondary N) is 1. The van der Waals surface area contributed by atoms with Crippen molar-refractivity contribution >= 4 is 21.8 Å². The largest absolute Gasteiger partial charge is 0.333 e. The SMILES string of the molecule is O=C1CNCC2c3cc(Br)ccc3CCN12. The Labute approximate surface area is 103 Å². The van der Waals surface area contributed by atoms with Crippen LogP contribution in [0.25, 0.3) is 0 Å². The van der Waals surface area contributed by atoms with Crippen molar-refractivity contribution in [1.82, 2.24) is 10.2 Å². The van der Waals surface area contributed by atoms with Crippen LogP contribution < -0.4 is 5.32 Å². The molecule has 0 saturated carbocycles. The Morgan fingerprint density at radius 1 is 1.44 bits per heavy atom. The van der Waals surface area contributed by atoms with Gasteiger partial charge in [0, 0.05) is 17.6 Å². The molecule has 84 valence electrons. The first-order chi connectivity index (χ1) is 7.75. The lowest BCUT2D eigenvalue weighted by Crippen LogP contribution is -2.52. The lowest BCUT2D eigenvalue weighted by molar-refractivity contribution is -0.135. The maximum Gasteiger partial charge on any atom is 0.237 e. The zero-order chi connectivity index (χ0) is 11.1. The van der Waals surface area contributed by atoms with Crippen molar-refractivity contribution in [2.24, 2.45) is 0 Å². The van der Waals surface area contributed by atoms with Gasteiger partial charge < -0.3 is 10.2 Å². The van der Waals surface area contributed by atoms with E-state index in [0.717, 1.165) is 24.0 Å². The molecule has 1 aromatic carbocycles. The number of carbonyl (C=O) groups is 1. The number of halogens is 1. The fourth-order valence-electron chi connectivity index (χ4n) is 2.60. The maximum atomic E-state index is 11.8. The van der Waals surface area contributed by atoms with E-state index in [9.17, 15) is 4.79 Å². The number of rotatable bonds is 0. The summed E-state index contributed by atoms with van der Waals surface area (Å²) < 4.78 is 1.09. The molecule has 1 atom stereocenters. The molecule has 1 unspecified atom stereocenters. The second-order valence-electron chi connectivity index (χ2n) is 4.33. The van der Waals surface area contributed by atoms with Crippen molar-refractivity contribution in [2.75, 3.05) is 19.6 Å². The summed E-state index contributed by atoms with van der Waals surface area (Å²) in [6.07, 6.45) is 0.977. The summed E-state index contributed by atoms with van der Waals surface area (Å²) in [6.45, 7) is 2.22. The molecule has 0 radical (unpaired) electrons. The Bertz CT molecular complexity index is 447. The van der Waals surface area contributed by atoms with Gasteiger partial charge in [-0.25, -0.2) is 0 Å². The number of benzene rings is 1. The highest BCUT2D eigenvalue weighted by Crippen LogP contribution is 2.32. The Morgan fingerprint density at radius 2 is 2.31 bits per heavy atom. The maximum absolute atomic E-state index is 11.8. The van der Waals surface area contributed by atoms with Gasteiger partial charge >= 0.3 is 0 Å². The Hall–Kier alpha value is -0.870. The van der Waals surface area contributed by atoms with E-state index in [1.807, 2.05) is 4.90 Å². The van der Waals surface area contributed by atoms with Crippen molar-refractivity contribution in [2.45, 2.75) is 12.5 Å². The van der Waals surface area contributed by atoms with E-state index < -0.39 is 0 Å². The fraction of sp³-hybridized carbons (Fsp3) is 0.417. The van der Waals surface area contributed by atoms with E-state index in [4.69, 9.17) is 0 Å². The summed E-state index contributed by atoms with van der Waals surface area (Å²) in [5.41, 5.74) is 2.67. The average molecular weight is 281 g/mol. The third-order valence-corrected chi connectivity index (χ3v) is 3.89. The fourth-order valence-corrected chi connectivity index (χ4v) is 2.98. The zero-order valence-corrected chi connectivity index (χ0v) is 10.5. The molecule has 1 fully saturated rings. The molecule has 1 saturated heterocycles. The van der Waals surface area contributed by atoms with Crippen molar-refractivity contribution < 1.29 is 4.79 Å². The Morgan fingerprint density at radius 3 is 3.19 bits per heavy atom. The van der Waals surface area contributed by atoms with Crippen LogP contribution in [-0.2, 0) is 11.2 Å². The second-order valence-corrected chi connectivity index (χ2v) is 5.24. The van der Waals surface area contributed by atoms with Crippen molar-refractivity contribution in [1.29, 1.82) is 0 Å². The summed E-state index contributed by atoms with van der Waals surface area (Å²) in [5.74, 6) is 0.224. The molecule has 2 aliphatic rings. The molecular formula is C12H13BrN2O. The quantitative estimate of drug-likeness (QED) is 0.781. The monoisotopic (exact) mass is 280 g/mol. The highest BCUT2D eigenvalue weighted by atomic mass is 79.9. The molecule has 3 nitrogen and oxygen atoms in total. The molecule has 1 amide bonds. The van der Waals surface area contributed by atoms with Gasteiger partial charge in [0.05, 0.1) is 12.6 Å². The number of hydrogen-bond acceptors (Lipinski definition) is 2. The van der Waals surface area contributed by atoms with Crippen LogP contribution >= 0.6 is 15.9 Å². The lowest BCUT2D eigenvalue weighted by atomic mass is 9.91. The van der Waals surface area contributed by atoms with Gasteiger partial charge in [0.25, 0.3) is 0 Å². The first-order valence-corrected chi connectivity index (χ1v) is 6.33. The van der Waals surface area contributed by atoms with Crippen LogP contribution in [0.2, 0.25) is 0 Å².